The molecule has 14 heavy (non-hydrogen) atoms. The van der Waals surface area contributed by atoms with Crippen molar-refractivity contribution in [1.82, 2.24) is 0 Å². The lowest BCUT2D eigenvalue weighted by molar-refractivity contribution is 0.0599. The minimum absolute atomic E-state index is 0.238. The maximum Gasteiger partial charge on any atom is 0.339 e. The van der Waals surface area contributed by atoms with Gasteiger partial charge >= 0.3 is 5.97 Å². The molecule has 0 spiro atoms. The number of carbonyl (C=O) groups excluding carboxylic acids is 2. The van der Waals surface area contributed by atoms with Crippen molar-refractivity contribution in [3.05, 3.63) is 32.8 Å². The molecule has 0 aliphatic heterocycles. The topological polar surface area (TPSA) is 43.4 Å². The molecule has 0 fully saturated rings. The molecule has 0 amide bonds. The normalized spacial score (nSPS) is 9.64. The summed E-state index contributed by atoms with van der Waals surface area (Å²) in [5.74, 6) is -0.539. The molecular weight excluding hydrogens is 271 g/mol. The standard InChI is InChI=1S/C9H6BrClO3/c1-14-9(13)7-3-6(11)2-5(4-12)8(7)10/h2-4H,1H3. The molecule has 0 heterocycles. The van der Waals surface area contributed by atoms with Crippen LogP contribution in [0.2, 0.25) is 5.02 Å². The number of carbonyl (C=O) groups is 2. The van der Waals surface area contributed by atoms with E-state index >= 15 is 0 Å². The first-order chi connectivity index (χ1) is 6.60. The fourth-order valence-corrected chi connectivity index (χ4v) is 1.67. The van der Waals surface area contributed by atoms with Gasteiger partial charge in [-0.15, -0.1) is 0 Å². The molecule has 0 unspecified atom stereocenters. The average Bonchev–Trinajstić information content (AvgIpc) is 2.19. The zero-order valence-electron chi connectivity index (χ0n) is 7.21. The third-order valence-electron chi connectivity index (χ3n) is 1.60. The first-order valence-electron chi connectivity index (χ1n) is 3.62. The van der Waals surface area contributed by atoms with Crippen molar-refractivity contribution in [2.24, 2.45) is 0 Å². The predicted octanol–water partition coefficient (Wildman–Crippen LogP) is 2.70. The third-order valence-corrected chi connectivity index (χ3v) is 2.70. The van der Waals surface area contributed by atoms with E-state index in [9.17, 15) is 9.59 Å². The molecule has 0 atom stereocenters. The van der Waals surface area contributed by atoms with Crippen LogP contribution in [0.15, 0.2) is 16.6 Å². The molecule has 0 saturated carbocycles. The Morgan fingerprint density at radius 2 is 2.21 bits per heavy atom. The van der Waals surface area contributed by atoms with Crippen LogP contribution in [0, 0.1) is 0 Å². The van der Waals surface area contributed by atoms with Crippen LogP contribution in [0.4, 0.5) is 0 Å². The van der Waals surface area contributed by atoms with E-state index in [-0.39, 0.29) is 5.56 Å². The van der Waals surface area contributed by atoms with Crippen molar-refractivity contribution < 1.29 is 14.3 Å². The second-order valence-corrected chi connectivity index (χ2v) is 3.70. The second kappa shape index (κ2) is 4.57. The summed E-state index contributed by atoms with van der Waals surface area (Å²) in [7, 11) is 1.26. The zero-order chi connectivity index (χ0) is 10.7. The van der Waals surface area contributed by atoms with Crippen molar-refractivity contribution in [2.45, 2.75) is 0 Å². The average molecular weight is 278 g/mol. The number of aldehydes is 1. The Bertz CT molecular complexity index is 390. The van der Waals surface area contributed by atoms with Crippen LogP contribution in [0.5, 0.6) is 0 Å². The van der Waals surface area contributed by atoms with Crippen LogP contribution in [0.1, 0.15) is 20.7 Å². The Labute approximate surface area is 94.1 Å². The summed E-state index contributed by atoms with van der Waals surface area (Å²) in [5.41, 5.74) is 0.556. The van der Waals surface area contributed by atoms with Crippen molar-refractivity contribution in [3.8, 4) is 0 Å². The lowest BCUT2D eigenvalue weighted by Crippen LogP contribution is -2.03. The van der Waals surface area contributed by atoms with Crippen molar-refractivity contribution >= 4 is 39.8 Å². The van der Waals surface area contributed by atoms with Crippen molar-refractivity contribution in [2.75, 3.05) is 7.11 Å². The largest absolute Gasteiger partial charge is 0.465 e. The summed E-state index contributed by atoms with van der Waals surface area (Å²) in [6.45, 7) is 0. The number of rotatable bonds is 2. The Hall–Kier alpha value is -0.870. The molecule has 1 rings (SSSR count). The third kappa shape index (κ3) is 2.13. The van der Waals surface area contributed by atoms with Gasteiger partial charge in [0.05, 0.1) is 12.7 Å². The molecule has 0 N–H and O–H groups in total. The number of benzene rings is 1. The Morgan fingerprint density at radius 1 is 1.57 bits per heavy atom. The molecule has 0 aliphatic carbocycles. The van der Waals surface area contributed by atoms with Crippen molar-refractivity contribution in [3.63, 3.8) is 0 Å². The molecule has 1 aromatic carbocycles. The Morgan fingerprint density at radius 3 is 2.71 bits per heavy atom. The number of ether oxygens (including phenoxy) is 1. The number of esters is 1. The van der Waals surface area contributed by atoms with Gasteiger partial charge in [-0.1, -0.05) is 11.6 Å². The predicted molar refractivity (Wildman–Crippen MR) is 55.9 cm³/mol. The molecule has 0 aromatic heterocycles. The minimum Gasteiger partial charge on any atom is -0.465 e. The lowest BCUT2D eigenvalue weighted by Gasteiger charge is -2.04. The van der Waals surface area contributed by atoms with Gasteiger partial charge in [0.25, 0.3) is 0 Å². The highest BCUT2D eigenvalue weighted by Crippen LogP contribution is 2.25. The SMILES string of the molecule is COC(=O)c1cc(Cl)cc(C=O)c1Br. The van der Waals surface area contributed by atoms with Gasteiger partial charge < -0.3 is 4.74 Å². The molecule has 5 heteroatoms. The second-order valence-electron chi connectivity index (χ2n) is 2.47. The van der Waals surface area contributed by atoms with Crippen molar-refractivity contribution in [1.29, 1.82) is 0 Å². The van der Waals surface area contributed by atoms with Gasteiger partial charge in [0.2, 0.25) is 0 Å². The van der Waals surface area contributed by atoms with Gasteiger partial charge in [0, 0.05) is 15.1 Å². The molecule has 74 valence electrons. The van der Waals surface area contributed by atoms with Crippen LogP contribution in [0.3, 0.4) is 0 Å². The van der Waals surface area contributed by atoms with E-state index in [4.69, 9.17) is 11.6 Å². The van der Waals surface area contributed by atoms with E-state index in [2.05, 4.69) is 20.7 Å². The summed E-state index contributed by atoms with van der Waals surface area (Å²) in [6.07, 6.45) is 0.613. The van der Waals surface area contributed by atoms with Gasteiger partial charge in [-0.05, 0) is 28.1 Å². The monoisotopic (exact) mass is 276 g/mol. The van der Waals surface area contributed by atoms with Gasteiger partial charge in [-0.3, -0.25) is 4.79 Å². The fraction of sp³-hybridized carbons (Fsp3) is 0.111. The highest BCUT2D eigenvalue weighted by Gasteiger charge is 2.14. The maximum atomic E-state index is 11.2. The van der Waals surface area contributed by atoms with E-state index in [1.807, 2.05) is 0 Å². The van der Waals surface area contributed by atoms with Crippen LogP contribution < -0.4 is 0 Å². The number of hydrogen-bond donors (Lipinski definition) is 0. The molecule has 1 aromatic rings. The fourth-order valence-electron chi connectivity index (χ4n) is 0.955. The van der Waals surface area contributed by atoms with Gasteiger partial charge in [0.1, 0.15) is 0 Å². The summed E-state index contributed by atoms with van der Waals surface area (Å²) >= 11 is 8.84. The quantitative estimate of drug-likeness (QED) is 0.616. The van der Waals surface area contributed by atoms with E-state index in [1.165, 1.54) is 19.2 Å². The summed E-state index contributed by atoms with van der Waals surface area (Å²) in [5, 5.41) is 0.315. The summed E-state index contributed by atoms with van der Waals surface area (Å²) in [4.78, 5) is 21.8. The van der Waals surface area contributed by atoms with E-state index < -0.39 is 5.97 Å². The van der Waals surface area contributed by atoms with Crippen LogP contribution in [-0.4, -0.2) is 19.4 Å². The number of methoxy groups -OCH3 is 1. The number of halogens is 2. The van der Waals surface area contributed by atoms with Crippen LogP contribution in [0.25, 0.3) is 0 Å². The Kier molecular flexibility index (Phi) is 3.66. The lowest BCUT2D eigenvalue weighted by atomic mass is 10.1. The molecule has 3 nitrogen and oxygen atoms in total. The highest BCUT2D eigenvalue weighted by molar-refractivity contribution is 9.10. The molecule has 0 radical (unpaired) electrons. The Balaban J connectivity index is 3.36. The zero-order valence-corrected chi connectivity index (χ0v) is 9.55. The highest BCUT2D eigenvalue weighted by atomic mass is 79.9. The van der Waals surface area contributed by atoms with Crippen LogP contribution >= 0.6 is 27.5 Å². The van der Waals surface area contributed by atoms with E-state index in [0.717, 1.165) is 0 Å². The molecule has 0 bridgehead atoms. The minimum atomic E-state index is -0.539. The smallest absolute Gasteiger partial charge is 0.339 e. The molecule has 0 aliphatic rings. The first kappa shape index (κ1) is 11.2. The first-order valence-corrected chi connectivity index (χ1v) is 4.79. The van der Waals surface area contributed by atoms with Gasteiger partial charge in [-0.2, -0.15) is 0 Å². The molecule has 0 saturated heterocycles. The number of hydrogen-bond acceptors (Lipinski definition) is 3. The van der Waals surface area contributed by atoms with E-state index in [0.29, 0.717) is 21.3 Å². The summed E-state index contributed by atoms with van der Waals surface area (Å²) < 4.78 is 4.92. The maximum absolute atomic E-state index is 11.2. The van der Waals surface area contributed by atoms with Gasteiger partial charge in [-0.25, -0.2) is 4.79 Å². The summed E-state index contributed by atoms with van der Waals surface area (Å²) in [6, 6.07) is 2.90. The van der Waals surface area contributed by atoms with E-state index in [1.54, 1.807) is 0 Å². The molecular formula is C9H6BrClO3. The van der Waals surface area contributed by atoms with Crippen LogP contribution in [-0.2, 0) is 4.74 Å². The van der Waals surface area contributed by atoms with Gasteiger partial charge in [0.15, 0.2) is 6.29 Å².